The molecule has 1 heterocycles. The molecule has 1 aromatic heterocycles. The lowest BCUT2D eigenvalue weighted by molar-refractivity contribution is -0.387. The summed E-state index contributed by atoms with van der Waals surface area (Å²) in [5.74, 6) is -3.44. The largest absolute Gasteiger partial charge is 0.308 e. The minimum atomic E-state index is -1.41. The van der Waals surface area contributed by atoms with Crippen LogP contribution in [-0.2, 0) is 0 Å². The van der Waals surface area contributed by atoms with E-state index in [9.17, 15) is 23.7 Å². The van der Waals surface area contributed by atoms with E-state index >= 15 is 0 Å². The molecule has 108 valence electrons. The van der Waals surface area contributed by atoms with Crippen LogP contribution in [0.5, 0.6) is 0 Å². The Kier molecular flexibility index (Phi) is 4.22. The molecule has 0 saturated carbocycles. The van der Waals surface area contributed by atoms with Gasteiger partial charge in [-0.3, -0.25) is 14.9 Å². The lowest BCUT2D eigenvalue weighted by Gasteiger charge is -2.06. The second-order valence-electron chi connectivity index (χ2n) is 3.86. The summed E-state index contributed by atoms with van der Waals surface area (Å²) in [7, 11) is 0. The summed E-state index contributed by atoms with van der Waals surface area (Å²) in [6.45, 7) is 0. The molecule has 0 fully saturated rings. The molecule has 0 unspecified atom stereocenters. The fraction of sp³-hybridized carbons (Fsp3) is 0. The van der Waals surface area contributed by atoms with Crippen LogP contribution in [0, 0.1) is 21.7 Å². The molecule has 0 aliphatic carbocycles. The minimum absolute atomic E-state index is 0.0921. The van der Waals surface area contributed by atoms with E-state index in [0.717, 1.165) is 0 Å². The number of pyridine rings is 1. The number of carbonyl (C=O) groups is 1. The maximum atomic E-state index is 13.8. The van der Waals surface area contributed by atoms with Gasteiger partial charge in [0.25, 0.3) is 5.91 Å². The summed E-state index contributed by atoms with van der Waals surface area (Å²) >= 11 is 3.14. The monoisotopic (exact) mass is 357 g/mol. The number of nitrogens with zero attached hydrogens (tertiary/aromatic N) is 2. The highest BCUT2D eigenvalue weighted by atomic mass is 79.9. The zero-order valence-electron chi connectivity index (χ0n) is 10.1. The number of rotatable bonds is 3. The van der Waals surface area contributed by atoms with E-state index in [1.54, 1.807) is 6.07 Å². The zero-order chi connectivity index (χ0) is 15.6. The first-order valence-corrected chi connectivity index (χ1v) is 6.24. The van der Waals surface area contributed by atoms with Gasteiger partial charge in [0, 0.05) is 10.7 Å². The van der Waals surface area contributed by atoms with Gasteiger partial charge >= 0.3 is 5.69 Å². The molecule has 0 atom stereocenters. The van der Waals surface area contributed by atoms with Crippen LogP contribution in [0.3, 0.4) is 0 Å². The fourth-order valence-corrected chi connectivity index (χ4v) is 1.74. The molecular formula is C12H6BrF2N3O3. The highest BCUT2D eigenvalue weighted by Crippen LogP contribution is 2.23. The maximum absolute atomic E-state index is 13.8. The van der Waals surface area contributed by atoms with Crippen molar-refractivity contribution in [2.24, 2.45) is 0 Å². The smallest absolute Gasteiger partial charge is 0.306 e. The van der Waals surface area contributed by atoms with E-state index in [0.29, 0.717) is 16.6 Å². The number of hydrogen-bond acceptors (Lipinski definition) is 4. The first-order chi connectivity index (χ1) is 9.88. The third-order valence-electron chi connectivity index (χ3n) is 2.43. The van der Waals surface area contributed by atoms with Gasteiger partial charge in [0.2, 0.25) is 5.82 Å². The number of carbonyl (C=O) groups excluding carboxylic acids is 1. The lowest BCUT2D eigenvalue weighted by Crippen LogP contribution is -2.16. The van der Waals surface area contributed by atoms with Gasteiger partial charge in [-0.15, -0.1) is 0 Å². The highest BCUT2D eigenvalue weighted by Gasteiger charge is 2.24. The van der Waals surface area contributed by atoms with Gasteiger partial charge < -0.3 is 5.32 Å². The molecule has 2 aromatic rings. The fourth-order valence-electron chi connectivity index (χ4n) is 1.51. The minimum Gasteiger partial charge on any atom is -0.306 e. The Morgan fingerprint density at radius 1 is 1.33 bits per heavy atom. The second kappa shape index (κ2) is 5.92. The van der Waals surface area contributed by atoms with Crippen molar-refractivity contribution in [2.75, 3.05) is 5.32 Å². The molecule has 0 radical (unpaired) electrons. The first-order valence-electron chi connectivity index (χ1n) is 5.45. The van der Waals surface area contributed by atoms with Crippen molar-refractivity contribution in [1.29, 1.82) is 0 Å². The summed E-state index contributed by atoms with van der Waals surface area (Å²) in [4.78, 5) is 25.2. The van der Waals surface area contributed by atoms with Crippen LogP contribution in [0.25, 0.3) is 0 Å². The van der Waals surface area contributed by atoms with Crippen molar-refractivity contribution in [3.63, 3.8) is 0 Å². The molecular weight excluding hydrogens is 352 g/mol. The van der Waals surface area contributed by atoms with E-state index in [1.165, 1.54) is 12.3 Å². The predicted molar refractivity (Wildman–Crippen MR) is 72.9 cm³/mol. The molecule has 0 spiro atoms. The van der Waals surface area contributed by atoms with Gasteiger partial charge in [0.15, 0.2) is 0 Å². The number of amides is 1. The Bertz CT molecular complexity index is 722. The molecule has 9 heteroatoms. The van der Waals surface area contributed by atoms with Gasteiger partial charge in [-0.2, -0.15) is 4.39 Å². The number of aromatic nitrogens is 1. The van der Waals surface area contributed by atoms with E-state index in [-0.39, 0.29) is 5.82 Å². The van der Waals surface area contributed by atoms with Crippen molar-refractivity contribution < 1.29 is 18.5 Å². The average molecular weight is 358 g/mol. The first kappa shape index (κ1) is 15.0. The third-order valence-corrected chi connectivity index (χ3v) is 2.90. The topological polar surface area (TPSA) is 85.1 Å². The normalized spacial score (nSPS) is 10.2. The number of anilines is 1. The lowest BCUT2D eigenvalue weighted by atomic mass is 10.1. The number of hydrogen-bond donors (Lipinski definition) is 1. The quantitative estimate of drug-likeness (QED) is 0.674. The van der Waals surface area contributed by atoms with Crippen LogP contribution in [0.15, 0.2) is 34.9 Å². The SMILES string of the molecule is O=C(Nc1ccc(Br)cn1)c1cc(F)cc([N+](=O)[O-])c1F. The molecule has 1 amide bonds. The summed E-state index contributed by atoms with van der Waals surface area (Å²) < 4.78 is 27.7. The van der Waals surface area contributed by atoms with Gasteiger partial charge in [0.05, 0.1) is 16.6 Å². The number of nitro groups is 1. The molecule has 0 aliphatic heterocycles. The van der Waals surface area contributed by atoms with Crippen molar-refractivity contribution in [3.8, 4) is 0 Å². The molecule has 2 rings (SSSR count). The van der Waals surface area contributed by atoms with Crippen LogP contribution in [0.1, 0.15) is 10.4 Å². The predicted octanol–water partition coefficient (Wildman–Crippen LogP) is 3.28. The maximum Gasteiger partial charge on any atom is 0.308 e. The van der Waals surface area contributed by atoms with Gasteiger partial charge in [0.1, 0.15) is 11.6 Å². The third kappa shape index (κ3) is 3.37. The molecule has 1 N–H and O–H groups in total. The summed E-state index contributed by atoms with van der Waals surface area (Å²) in [6, 6.07) is 3.99. The van der Waals surface area contributed by atoms with Crippen molar-refractivity contribution >= 4 is 33.3 Å². The summed E-state index contributed by atoms with van der Waals surface area (Å²) in [5.41, 5.74) is -1.88. The van der Waals surface area contributed by atoms with E-state index < -0.39 is 33.7 Å². The Morgan fingerprint density at radius 2 is 2.05 bits per heavy atom. The van der Waals surface area contributed by atoms with Crippen molar-refractivity contribution in [3.05, 3.63) is 62.2 Å². The van der Waals surface area contributed by atoms with Gasteiger partial charge in [-0.05, 0) is 34.1 Å². The Morgan fingerprint density at radius 3 is 2.62 bits per heavy atom. The second-order valence-corrected chi connectivity index (χ2v) is 4.78. The highest BCUT2D eigenvalue weighted by molar-refractivity contribution is 9.10. The molecule has 21 heavy (non-hydrogen) atoms. The van der Waals surface area contributed by atoms with E-state index in [2.05, 4.69) is 26.2 Å². The van der Waals surface area contributed by atoms with Crippen LogP contribution in [0.4, 0.5) is 20.3 Å². The Balaban J connectivity index is 2.35. The molecule has 1 aromatic carbocycles. The van der Waals surface area contributed by atoms with Crippen LogP contribution < -0.4 is 5.32 Å². The molecule has 0 bridgehead atoms. The Hall–Kier alpha value is -2.42. The van der Waals surface area contributed by atoms with Gasteiger partial charge in [-0.25, -0.2) is 9.37 Å². The van der Waals surface area contributed by atoms with E-state index in [4.69, 9.17) is 0 Å². The molecule has 0 aliphatic rings. The van der Waals surface area contributed by atoms with Crippen molar-refractivity contribution in [1.82, 2.24) is 4.98 Å². The number of benzene rings is 1. The van der Waals surface area contributed by atoms with Crippen LogP contribution in [-0.4, -0.2) is 15.8 Å². The van der Waals surface area contributed by atoms with Crippen LogP contribution >= 0.6 is 15.9 Å². The Labute approximate surface area is 125 Å². The van der Waals surface area contributed by atoms with Gasteiger partial charge in [-0.1, -0.05) is 0 Å². The number of nitro benzene ring substituents is 1. The molecule has 6 nitrogen and oxygen atoms in total. The summed E-state index contributed by atoms with van der Waals surface area (Å²) in [5, 5.41) is 12.8. The number of halogens is 3. The standard InChI is InChI=1S/C12H6BrF2N3O3/c13-6-1-2-10(16-5-6)17-12(19)8-3-7(14)4-9(11(8)15)18(20)21/h1-5H,(H,16,17,19). The zero-order valence-corrected chi connectivity index (χ0v) is 11.7. The number of nitrogens with one attached hydrogen (secondary N) is 1. The van der Waals surface area contributed by atoms with E-state index in [1.807, 2.05) is 0 Å². The van der Waals surface area contributed by atoms with Crippen molar-refractivity contribution in [2.45, 2.75) is 0 Å². The van der Waals surface area contributed by atoms with Crippen LogP contribution in [0.2, 0.25) is 0 Å². The average Bonchev–Trinajstić information content (AvgIpc) is 2.43. The molecule has 0 saturated heterocycles. The summed E-state index contributed by atoms with van der Waals surface area (Å²) in [6.07, 6.45) is 1.39.